The molecule has 2 aromatic heterocycles. The number of fused-ring (bicyclic) bond motifs is 1. The highest BCUT2D eigenvalue weighted by Gasteiger charge is 2.26. The number of carbonyl (C=O) groups excluding carboxylic acids is 1. The van der Waals surface area contributed by atoms with Crippen LogP contribution in [0.4, 0.5) is 5.13 Å². The fourth-order valence-electron chi connectivity index (χ4n) is 3.23. The Balaban J connectivity index is 1.49. The van der Waals surface area contributed by atoms with Gasteiger partial charge in [-0.3, -0.25) is 4.79 Å². The number of nitrogens with zero attached hydrogens (tertiary/aromatic N) is 4. The second-order valence-electron chi connectivity index (χ2n) is 6.82. The molecule has 1 aromatic carbocycles. The van der Waals surface area contributed by atoms with Crippen molar-refractivity contribution in [2.75, 3.05) is 37.3 Å². The SMILES string of the molecule is Cc1nc(C)c(C(=O)N2CCN(c3nc4ccc(S(C)(=O)=O)cc4s3)CC2)s1. The van der Waals surface area contributed by atoms with E-state index in [1.54, 1.807) is 18.2 Å². The summed E-state index contributed by atoms with van der Waals surface area (Å²) in [6.07, 6.45) is 1.21. The van der Waals surface area contributed by atoms with Gasteiger partial charge < -0.3 is 9.80 Å². The minimum absolute atomic E-state index is 0.0462. The van der Waals surface area contributed by atoms with Gasteiger partial charge in [0, 0.05) is 32.4 Å². The Morgan fingerprint density at radius 1 is 1.07 bits per heavy atom. The van der Waals surface area contributed by atoms with E-state index in [4.69, 9.17) is 0 Å². The Kier molecular flexibility index (Phi) is 4.88. The molecule has 1 amide bonds. The third-order valence-corrected chi connectivity index (χ3v) is 7.96. The Hall–Kier alpha value is -2.04. The van der Waals surface area contributed by atoms with E-state index >= 15 is 0 Å². The highest BCUT2D eigenvalue weighted by Crippen LogP contribution is 2.31. The fourth-order valence-corrected chi connectivity index (χ4v) is 5.90. The predicted octanol–water partition coefficient (Wildman–Crippen LogP) is 2.74. The van der Waals surface area contributed by atoms with Gasteiger partial charge in [-0.2, -0.15) is 0 Å². The van der Waals surface area contributed by atoms with Crippen molar-refractivity contribution in [2.24, 2.45) is 0 Å². The zero-order valence-corrected chi connectivity index (χ0v) is 18.2. The lowest BCUT2D eigenvalue weighted by Gasteiger charge is -2.34. The number of aryl methyl sites for hydroxylation is 2. The van der Waals surface area contributed by atoms with E-state index in [0.29, 0.717) is 31.1 Å². The molecule has 1 aliphatic heterocycles. The first kappa shape index (κ1) is 19.3. The molecule has 0 N–H and O–H groups in total. The number of hydrogen-bond acceptors (Lipinski definition) is 8. The smallest absolute Gasteiger partial charge is 0.265 e. The van der Waals surface area contributed by atoms with Gasteiger partial charge in [-0.05, 0) is 32.0 Å². The molecule has 3 heterocycles. The first-order chi connectivity index (χ1) is 13.2. The molecule has 1 aliphatic rings. The van der Waals surface area contributed by atoms with Crippen LogP contribution in [0.5, 0.6) is 0 Å². The zero-order chi connectivity index (χ0) is 20.1. The quantitative estimate of drug-likeness (QED) is 0.628. The first-order valence-electron chi connectivity index (χ1n) is 8.81. The summed E-state index contributed by atoms with van der Waals surface area (Å²) in [7, 11) is -3.24. The Morgan fingerprint density at radius 2 is 1.79 bits per heavy atom. The summed E-state index contributed by atoms with van der Waals surface area (Å²) < 4.78 is 24.4. The van der Waals surface area contributed by atoms with E-state index in [-0.39, 0.29) is 5.91 Å². The standard InChI is InChI=1S/C18H20N4O3S3/c1-11-16(26-12(2)19-11)17(23)21-6-8-22(9-7-21)18-20-14-5-4-13(28(3,24)25)10-15(14)27-18/h4-5,10H,6-9H2,1-3H3. The van der Waals surface area contributed by atoms with E-state index in [9.17, 15) is 13.2 Å². The topological polar surface area (TPSA) is 83.5 Å². The number of carbonyl (C=O) groups is 1. The lowest BCUT2D eigenvalue weighted by molar-refractivity contribution is 0.0750. The van der Waals surface area contributed by atoms with Crippen LogP contribution in [0.2, 0.25) is 0 Å². The molecule has 0 radical (unpaired) electrons. The van der Waals surface area contributed by atoms with E-state index in [0.717, 1.165) is 30.9 Å². The average Bonchev–Trinajstić information content (AvgIpc) is 3.22. The van der Waals surface area contributed by atoms with E-state index in [2.05, 4.69) is 14.9 Å². The average molecular weight is 437 g/mol. The van der Waals surface area contributed by atoms with Crippen LogP contribution in [0.3, 0.4) is 0 Å². The van der Waals surface area contributed by atoms with Gasteiger partial charge in [0.05, 0.1) is 25.8 Å². The molecule has 0 unspecified atom stereocenters. The van der Waals surface area contributed by atoms with E-state index < -0.39 is 9.84 Å². The molecular weight excluding hydrogens is 416 g/mol. The van der Waals surface area contributed by atoms with E-state index in [1.807, 2.05) is 18.7 Å². The number of piperazine rings is 1. The third kappa shape index (κ3) is 3.63. The van der Waals surface area contributed by atoms with Crippen molar-refractivity contribution in [3.63, 3.8) is 0 Å². The maximum atomic E-state index is 12.8. The summed E-state index contributed by atoms with van der Waals surface area (Å²) in [6.45, 7) is 6.43. The number of hydrogen-bond donors (Lipinski definition) is 0. The summed E-state index contributed by atoms with van der Waals surface area (Å²) >= 11 is 2.93. The number of amides is 1. The van der Waals surface area contributed by atoms with Gasteiger partial charge in [0.15, 0.2) is 15.0 Å². The fraction of sp³-hybridized carbons (Fsp3) is 0.389. The first-order valence-corrected chi connectivity index (χ1v) is 12.3. The Morgan fingerprint density at radius 3 is 2.39 bits per heavy atom. The van der Waals surface area contributed by atoms with Crippen molar-refractivity contribution in [1.29, 1.82) is 0 Å². The summed E-state index contributed by atoms with van der Waals surface area (Å²) in [6, 6.07) is 5.03. The number of benzene rings is 1. The molecule has 0 bridgehead atoms. The third-order valence-electron chi connectivity index (χ3n) is 4.71. The van der Waals surface area contributed by atoms with Gasteiger partial charge in [0.1, 0.15) is 4.88 Å². The molecule has 4 rings (SSSR count). The van der Waals surface area contributed by atoms with Crippen LogP contribution in [0.25, 0.3) is 10.2 Å². The normalized spacial score (nSPS) is 15.4. The summed E-state index contributed by atoms with van der Waals surface area (Å²) in [5.74, 6) is 0.0462. The molecule has 0 saturated carbocycles. The van der Waals surface area contributed by atoms with Crippen LogP contribution in [-0.4, -0.2) is 61.6 Å². The maximum absolute atomic E-state index is 12.8. The van der Waals surface area contributed by atoms with E-state index in [1.165, 1.54) is 28.9 Å². The van der Waals surface area contributed by atoms with Crippen LogP contribution in [0, 0.1) is 13.8 Å². The largest absolute Gasteiger partial charge is 0.345 e. The minimum atomic E-state index is -3.24. The number of anilines is 1. The van der Waals surface area contributed by atoms with Crippen molar-refractivity contribution in [3.8, 4) is 0 Å². The predicted molar refractivity (Wildman–Crippen MR) is 112 cm³/mol. The number of thiazole rings is 2. The van der Waals surface area contributed by atoms with Crippen molar-refractivity contribution in [1.82, 2.24) is 14.9 Å². The molecule has 10 heteroatoms. The minimum Gasteiger partial charge on any atom is -0.345 e. The van der Waals surface area contributed by atoms with Gasteiger partial charge in [0.2, 0.25) is 0 Å². The van der Waals surface area contributed by atoms with Crippen LogP contribution >= 0.6 is 22.7 Å². The highest BCUT2D eigenvalue weighted by atomic mass is 32.2. The summed E-state index contributed by atoms with van der Waals surface area (Å²) in [5.41, 5.74) is 1.59. The molecule has 1 fully saturated rings. The molecule has 3 aromatic rings. The van der Waals surface area contributed by atoms with Gasteiger partial charge >= 0.3 is 0 Å². The van der Waals surface area contributed by atoms with Crippen LogP contribution < -0.4 is 4.90 Å². The maximum Gasteiger partial charge on any atom is 0.265 e. The van der Waals surface area contributed by atoms with Crippen molar-refractivity contribution >= 4 is 53.8 Å². The number of rotatable bonds is 3. The Labute approximate surface area is 171 Å². The number of sulfone groups is 1. The molecule has 148 valence electrons. The molecule has 1 saturated heterocycles. The van der Waals surface area contributed by atoms with Crippen LogP contribution in [0.15, 0.2) is 23.1 Å². The van der Waals surface area contributed by atoms with Crippen molar-refractivity contribution < 1.29 is 13.2 Å². The van der Waals surface area contributed by atoms with Crippen LogP contribution in [-0.2, 0) is 9.84 Å². The number of aromatic nitrogens is 2. The van der Waals surface area contributed by atoms with Gasteiger partial charge in [-0.15, -0.1) is 11.3 Å². The highest BCUT2D eigenvalue weighted by molar-refractivity contribution is 7.90. The lowest BCUT2D eigenvalue weighted by atomic mass is 10.3. The molecule has 0 atom stereocenters. The summed E-state index contributed by atoms with van der Waals surface area (Å²) in [5, 5.41) is 1.76. The monoisotopic (exact) mass is 436 g/mol. The molecule has 28 heavy (non-hydrogen) atoms. The molecule has 0 spiro atoms. The molecule has 0 aliphatic carbocycles. The lowest BCUT2D eigenvalue weighted by Crippen LogP contribution is -2.48. The second-order valence-corrected chi connectivity index (χ2v) is 11.1. The second kappa shape index (κ2) is 7.09. The van der Waals surface area contributed by atoms with Gasteiger partial charge in [0.25, 0.3) is 5.91 Å². The Bertz CT molecular complexity index is 1160. The molecule has 7 nitrogen and oxygen atoms in total. The van der Waals surface area contributed by atoms with Gasteiger partial charge in [-0.25, -0.2) is 18.4 Å². The van der Waals surface area contributed by atoms with Crippen molar-refractivity contribution in [2.45, 2.75) is 18.7 Å². The molecular formula is C18H20N4O3S3. The van der Waals surface area contributed by atoms with Crippen molar-refractivity contribution in [3.05, 3.63) is 33.8 Å². The zero-order valence-electron chi connectivity index (χ0n) is 15.8. The van der Waals surface area contributed by atoms with Crippen LogP contribution in [0.1, 0.15) is 20.4 Å². The summed E-state index contributed by atoms with van der Waals surface area (Å²) in [4.78, 5) is 26.8. The van der Waals surface area contributed by atoms with Gasteiger partial charge in [-0.1, -0.05) is 11.3 Å².